The lowest BCUT2D eigenvalue weighted by Crippen LogP contribution is -2.09. The average molecular weight is 287 g/mol. The maximum absolute atomic E-state index is 12.8. The fourth-order valence-electron chi connectivity index (χ4n) is 1.67. The van der Waals surface area contributed by atoms with Gasteiger partial charge >= 0.3 is 0 Å². The second-order valence-corrected chi connectivity index (χ2v) is 5.16. The third-order valence-electron chi connectivity index (χ3n) is 2.55. The van der Waals surface area contributed by atoms with Gasteiger partial charge in [0.1, 0.15) is 5.82 Å². The van der Waals surface area contributed by atoms with E-state index in [0.717, 1.165) is 29.2 Å². The molecule has 0 aliphatic heterocycles. The number of likely N-dealkylation sites (N-methyl/N-ethyl adjacent to an activating group) is 1. The van der Waals surface area contributed by atoms with Crippen LogP contribution in [0.1, 0.15) is 9.88 Å². The number of aryl methyl sites for hydroxylation is 1. The highest BCUT2D eigenvalue weighted by molar-refractivity contribution is 7.12. The van der Waals surface area contributed by atoms with Crippen molar-refractivity contribution in [3.05, 3.63) is 40.0 Å². The molecule has 0 aliphatic rings. The number of rotatable bonds is 4. The number of hydrogen-bond acceptors (Lipinski definition) is 3. The Morgan fingerprint density at radius 1 is 1.28 bits per heavy atom. The molecule has 1 aromatic heterocycles. The first kappa shape index (κ1) is 15.1. The van der Waals surface area contributed by atoms with Gasteiger partial charge in [0, 0.05) is 23.4 Å². The Balaban J connectivity index is 0.00000162. The molecular formula is C13H16ClFN2S. The summed E-state index contributed by atoms with van der Waals surface area (Å²) in [4.78, 5) is 5.79. The molecule has 2 nitrogen and oxygen atoms in total. The second-order valence-electron chi connectivity index (χ2n) is 3.87. The fourth-order valence-corrected chi connectivity index (χ4v) is 2.62. The first-order valence-electron chi connectivity index (χ1n) is 5.57. The van der Waals surface area contributed by atoms with Gasteiger partial charge in [0.25, 0.3) is 0 Å². The molecule has 0 amide bonds. The van der Waals surface area contributed by atoms with Gasteiger partial charge in [0.15, 0.2) is 0 Å². The van der Waals surface area contributed by atoms with Crippen LogP contribution in [0.3, 0.4) is 0 Å². The van der Waals surface area contributed by atoms with Crippen LogP contribution in [-0.4, -0.2) is 18.6 Å². The van der Waals surface area contributed by atoms with Crippen molar-refractivity contribution in [1.29, 1.82) is 0 Å². The average Bonchev–Trinajstić information content (AvgIpc) is 2.69. The molecule has 1 N–H and O–H groups in total. The van der Waals surface area contributed by atoms with E-state index in [0.29, 0.717) is 0 Å². The zero-order valence-electron chi connectivity index (χ0n) is 10.4. The fraction of sp³-hybridized carbons (Fsp3) is 0.308. The zero-order chi connectivity index (χ0) is 12.3. The minimum Gasteiger partial charge on any atom is -0.319 e. The largest absolute Gasteiger partial charge is 0.319 e. The molecule has 0 fully saturated rings. The van der Waals surface area contributed by atoms with E-state index in [9.17, 15) is 4.39 Å². The van der Waals surface area contributed by atoms with Crippen molar-refractivity contribution in [3.8, 4) is 11.3 Å². The second kappa shape index (κ2) is 6.83. The summed E-state index contributed by atoms with van der Waals surface area (Å²) in [5, 5.41) is 4.23. The summed E-state index contributed by atoms with van der Waals surface area (Å²) >= 11 is 1.71. The lowest BCUT2D eigenvalue weighted by molar-refractivity contribution is 0.628. The van der Waals surface area contributed by atoms with Crippen LogP contribution in [0.2, 0.25) is 0 Å². The predicted molar refractivity (Wildman–Crippen MR) is 77.1 cm³/mol. The van der Waals surface area contributed by atoms with Gasteiger partial charge in [0.2, 0.25) is 0 Å². The first-order chi connectivity index (χ1) is 8.20. The highest BCUT2D eigenvalue weighted by atomic mass is 35.5. The number of nitrogens with one attached hydrogen (secondary N) is 1. The van der Waals surface area contributed by atoms with Crippen molar-refractivity contribution in [1.82, 2.24) is 10.3 Å². The van der Waals surface area contributed by atoms with Crippen LogP contribution < -0.4 is 5.32 Å². The van der Waals surface area contributed by atoms with Crippen LogP contribution in [0.15, 0.2) is 24.3 Å². The van der Waals surface area contributed by atoms with Gasteiger partial charge in [-0.1, -0.05) is 0 Å². The third kappa shape index (κ3) is 3.51. The molecule has 98 valence electrons. The van der Waals surface area contributed by atoms with Gasteiger partial charge < -0.3 is 5.32 Å². The SMILES string of the molecule is CNCCc1nc(-c2ccc(F)cc2)c(C)s1.Cl. The summed E-state index contributed by atoms with van der Waals surface area (Å²) in [6.07, 6.45) is 0.934. The summed E-state index contributed by atoms with van der Waals surface area (Å²) in [7, 11) is 1.93. The standard InChI is InChI=1S/C13H15FN2S.ClH/c1-9-13(10-3-5-11(14)6-4-10)16-12(17-9)7-8-15-2;/h3-6,15H,7-8H2,1-2H3;1H. The molecule has 1 heterocycles. The number of benzene rings is 1. The van der Waals surface area contributed by atoms with Crippen molar-refractivity contribution in [2.24, 2.45) is 0 Å². The topological polar surface area (TPSA) is 24.9 Å². The van der Waals surface area contributed by atoms with Crippen LogP contribution >= 0.6 is 23.7 Å². The van der Waals surface area contributed by atoms with Crippen molar-refractivity contribution in [3.63, 3.8) is 0 Å². The molecule has 1 aromatic carbocycles. The first-order valence-corrected chi connectivity index (χ1v) is 6.39. The molecule has 5 heteroatoms. The highest BCUT2D eigenvalue weighted by Gasteiger charge is 2.09. The minimum atomic E-state index is -0.211. The number of aromatic nitrogens is 1. The number of hydrogen-bond donors (Lipinski definition) is 1. The maximum atomic E-state index is 12.8. The van der Waals surface area contributed by atoms with Gasteiger partial charge in [0.05, 0.1) is 10.7 Å². The quantitative estimate of drug-likeness (QED) is 0.931. The number of thiazole rings is 1. The molecule has 0 aliphatic carbocycles. The van der Waals surface area contributed by atoms with Gasteiger partial charge in [-0.3, -0.25) is 0 Å². The van der Waals surface area contributed by atoms with Crippen molar-refractivity contribution in [2.75, 3.05) is 13.6 Å². The molecule has 18 heavy (non-hydrogen) atoms. The van der Waals surface area contributed by atoms with E-state index in [1.54, 1.807) is 23.5 Å². The van der Waals surface area contributed by atoms with E-state index < -0.39 is 0 Å². The normalized spacial score (nSPS) is 10.2. The molecule has 0 unspecified atom stereocenters. The summed E-state index contributed by atoms with van der Waals surface area (Å²) in [6.45, 7) is 2.98. The van der Waals surface area contributed by atoms with Crippen molar-refractivity contribution in [2.45, 2.75) is 13.3 Å². The lowest BCUT2D eigenvalue weighted by Gasteiger charge is -1.98. The minimum absolute atomic E-state index is 0. The molecule has 0 radical (unpaired) electrons. The number of halogens is 2. The Kier molecular flexibility index (Phi) is 5.72. The van der Waals surface area contributed by atoms with Crippen molar-refractivity contribution < 1.29 is 4.39 Å². The van der Waals surface area contributed by atoms with Crippen LogP contribution in [-0.2, 0) is 6.42 Å². The summed E-state index contributed by atoms with van der Waals surface area (Å²) in [6, 6.07) is 6.50. The van der Waals surface area contributed by atoms with E-state index in [2.05, 4.69) is 17.2 Å². The Labute approximate surface area is 117 Å². The van der Waals surface area contributed by atoms with Gasteiger partial charge in [-0.05, 0) is 38.2 Å². The summed E-state index contributed by atoms with van der Waals surface area (Å²) < 4.78 is 12.8. The maximum Gasteiger partial charge on any atom is 0.123 e. The van der Waals surface area contributed by atoms with Crippen LogP contribution in [0.4, 0.5) is 4.39 Å². The number of nitrogens with zero attached hydrogens (tertiary/aromatic N) is 1. The predicted octanol–water partition coefficient (Wildman–Crippen LogP) is 3.44. The van der Waals surface area contributed by atoms with Crippen LogP contribution in [0, 0.1) is 12.7 Å². The van der Waals surface area contributed by atoms with Crippen LogP contribution in [0.5, 0.6) is 0 Å². The molecule has 0 saturated heterocycles. The van der Waals surface area contributed by atoms with E-state index in [1.165, 1.54) is 17.0 Å². The smallest absolute Gasteiger partial charge is 0.123 e. The van der Waals surface area contributed by atoms with Gasteiger partial charge in [-0.15, -0.1) is 23.7 Å². The Hall–Kier alpha value is -0.970. The van der Waals surface area contributed by atoms with Gasteiger partial charge in [-0.25, -0.2) is 9.37 Å². The van der Waals surface area contributed by atoms with E-state index in [4.69, 9.17) is 0 Å². The Bertz CT molecular complexity index is 496. The lowest BCUT2D eigenvalue weighted by atomic mass is 10.1. The van der Waals surface area contributed by atoms with E-state index in [1.807, 2.05) is 7.05 Å². The molecule has 0 atom stereocenters. The molecular weight excluding hydrogens is 271 g/mol. The highest BCUT2D eigenvalue weighted by Crippen LogP contribution is 2.27. The van der Waals surface area contributed by atoms with Crippen molar-refractivity contribution >= 4 is 23.7 Å². The summed E-state index contributed by atoms with van der Waals surface area (Å²) in [5.41, 5.74) is 1.96. The van der Waals surface area contributed by atoms with E-state index in [-0.39, 0.29) is 18.2 Å². The Morgan fingerprint density at radius 2 is 1.94 bits per heavy atom. The molecule has 0 spiro atoms. The molecule has 2 aromatic rings. The summed E-state index contributed by atoms with van der Waals surface area (Å²) in [5.74, 6) is -0.211. The zero-order valence-corrected chi connectivity index (χ0v) is 12.0. The molecule has 0 bridgehead atoms. The third-order valence-corrected chi connectivity index (χ3v) is 3.58. The molecule has 0 saturated carbocycles. The van der Waals surface area contributed by atoms with Crippen LogP contribution in [0.25, 0.3) is 11.3 Å². The van der Waals surface area contributed by atoms with E-state index >= 15 is 0 Å². The monoisotopic (exact) mass is 286 g/mol. The molecule has 2 rings (SSSR count). The Morgan fingerprint density at radius 3 is 2.56 bits per heavy atom. The van der Waals surface area contributed by atoms with Gasteiger partial charge in [-0.2, -0.15) is 0 Å².